The van der Waals surface area contributed by atoms with Crippen molar-refractivity contribution in [1.82, 2.24) is 9.97 Å². The molecule has 1 aromatic rings. The van der Waals surface area contributed by atoms with Gasteiger partial charge >= 0.3 is 0 Å². The Morgan fingerprint density at radius 1 is 1.40 bits per heavy atom. The first-order chi connectivity index (χ1) is 7.27. The highest BCUT2D eigenvalue weighted by Gasteiger charge is 2.06. The Bertz CT molecular complexity index is 288. The standard InChI is InChI=1S/C11H20N4/c1-3-8-15(9-4-6-12)11-5-7-13-10(2)14-11/h5,7H,3-4,6,8-9,12H2,1-2H3. The minimum atomic E-state index is 0.726. The lowest BCUT2D eigenvalue weighted by atomic mass is 10.3. The molecule has 0 aliphatic heterocycles. The van der Waals surface area contributed by atoms with E-state index in [0.29, 0.717) is 0 Å². The van der Waals surface area contributed by atoms with Crippen LogP contribution in [0.3, 0.4) is 0 Å². The SMILES string of the molecule is CCCN(CCCN)c1ccnc(C)n1. The molecular weight excluding hydrogens is 188 g/mol. The molecule has 15 heavy (non-hydrogen) atoms. The van der Waals surface area contributed by atoms with Crippen molar-refractivity contribution in [2.75, 3.05) is 24.5 Å². The molecule has 1 aromatic heterocycles. The number of nitrogens with zero attached hydrogens (tertiary/aromatic N) is 3. The first kappa shape index (κ1) is 11.9. The van der Waals surface area contributed by atoms with Gasteiger partial charge in [-0.1, -0.05) is 6.92 Å². The van der Waals surface area contributed by atoms with E-state index < -0.39 is 0 Å². The van der Waals surface area contributed by atoms with Crippen molar-refractivity contribution < 1.29 is 0 Å². The highest BCUT2D eigenvalue weighted by Crippen LogP contribution is 2.10. The van der Waals surface area contributed by atoms with Crippen molar-refractivity contribution in [1.29, 1.82) is 0 Å². The summed E-state index contributed by atoms with van der Waals surface area (Å²) in [5, 5.41) is 0. The number of rotatable bonds is 6. The van der Waals surface area contributed by atoms with Gasteiger partial charge in [0.25, 0.3) is 0 Å². The second-order valence-corrected chi connectivity index (χ2v) is 3.59. The third kappa shape index (κ3) is 3.83. The average Bonchev–Trinajstić information content (AvgIpc) is 2.24. The fraction of sp³-hybridized carbons (Fsp3) is 0.636. The molecule has 4 heteroatoms. The Labute approximate surface area is 91.5 Å². The van der Waals surface area contributed by atoms with Gasteiger partial charge in [-0.3, -0.25) is 0 Å². The van der Waals surface area contributed by atoms with Crippen LogP contribution in [0.5, 0.6) is 0 Å². The maximum absolute atomic E-state index is 5.52. The zero-order valence-electron chi connectivity index (χ0n) is 9.61. The fourth-order valence-corrected chi connectivity index (χ4v) is 1.51. The van der Waals surface area contributed by atoms with Crippen LogP contribution in [0.2, 0.25) is 0 Å². The molecule has 0 saturated carbocycles. The molecule has 1 rings (SSSR count). The second kappa shape index (κ2) is 6.35. The van der Waals surface area contributed by atoms with E-state index in [2.05, 4.69) is 21.8 Å². The lowest BCUT2D eigenvalue weighted by molar-refractivity contribution is 0.708. The summed E-state index contributed by atoms with van der Waals surface area (Å²) < 4.78 is 0. The molecular formula is C11H20N4. The van der Waals surface area contributed by atoms with Crippen molar-refractivity contribution in [2.24, 2.45) is 5.73 Å². The van der Waals surface area contributed by atoms with E-state index in [1.807, 2.05) is 19.2 Å². The molecule has 4 nitrogen and oxygen atoms in total. The van der Waals surface area contributed by atoms with E-state index >= 15 is 0 Å². The summed E-state index contributed by atoms with van der Waals surface area (Å²) in [6, 6.07) is 1.96. The van der Waals surface area contributed by atoms with Gasteiger partial charge in [-0.05, 0) is 32.4 Å². The third-order valence-corrected chi connectivity index (χ3v) is 2.21. The molecule has 0 bridgehead atoms. The van der Waals surface area contributed by atoms with Crippen molar-refractivity contribution in [3.05, 3.63) is 18.1 Å². The molecule has 0 radical (unpaired) electrons. The molecule has 0 amide bonds. The van der Waals surface area contributed by atoms with Crippen LogP contribution in [-0.4, -0.2) is 29.6 Å². The maximum atomic E-state index is 5.52. The predicted octanol–water partition coefficient (Wildman–Crippen LogP) is 1.35. The van der Waals surface area contributed by atoms with Gasteiger partial charge in [0.05, 0.1) is 0 Å². The molecule has 1 heterocycles. The summed E-state index contributed by atoms with van der Waals surface area (Å²) in [4.78, 5) is 10.8. The summed E-state index contributed by atoms with van der Waals surface area (Å²) in [5.41, 5.74) is 5.52. The number of aryl methyl sites for hydroxylation is 1. The quantitative estimate of drug-likeness (QED) is 0.766. The van der Waals surface area contributed by atoms with E-state index in [9.17, 15) is 0 Å². The van der Waals surface area contributed by atoms with Crippen LogP contribution in [0.4, 0.5) is 5.82 Å². The Kier molecular flexibility index (Phi) is 5.04. The molecule has 0 unspecified atom stereocenters. The highest BCUT2D eigenvalue weighted by atomic mass is 15.2. The van der Waals surface area contributed by atoms with E-state index in [-0.39, 0.29) is 0 Å². The van der Waals surface area contributed by atoms with Crippen LogP contribution in [-0.2, 0) is 0 Å². The zero-order chi connectivity index (χ0) is 11.1. The first-order valence-electron chi connectivity index (χ1n) is 5.52. The van der Waals surface area contributed by atoms with Gasteiger partial charge in [0, 0.05) is 19.3 Å². The number of nitrogens with two attached hydrogens (primary N) is 1. The average molecular weight is 208 g/mol. The lowest BCUT2D eigenvalue weighted by Gasteiger charge is -2.22. The van der Waals surface area contributed by atoms with E-state index in [1.54, 1.807) is 0 Å². The monoisotopic (exact) mass is 208 g/mol. The Morgan fingerprint density at radius 3 is 2.80 bits per heavy atom. The van der Waals surface area contributed by atoms with Crippen molar-refractivity contribution in [3.63, 3.8) is 0 Å². The number of hydrogen-bond donors (Lipinski definition) is 1. The Hall–Kier alpha value is -1.16. The minimum absolute atomic E-state index is 0.726. The van der Waals surface area contributed by atoms with Crippen molar-refractivity contribution in [2.45, 2.75) is 26.7 Å². The maximum Gasteiger partial charge on any atom is 0.132 e. The van der Waals surface area contributed by atoms with Crippen LogP contribution in [0.15, 0.2) is 12.3 Å². The van der Waals surface area contributed by atoms with Gasteiger partial charge in [0.1, 0.15) is 11.6 Å². The molecule has 84 valence electrons. The fourth-order valence-electron chi connectivity index (χ4n) is 1.51. The molecule has 0 spiro atoms. The van der Waals surface area contributed by atoms with Gasteiger partial charge in [-0.2, -0.15) is 0 Å². The summed E-state index contributed by atoms with van der Waals surface area (Å²) in [6.45, 7) is 6.81. The van der Waals surface area contributed by atoms with Crippen molar-refractivity contribution in [3.8, 4) is 0 Å². The summed E-state index contributed by atoms with van der Waals surface area (Å²) in [6.07, 6.45) is 3.93. The number of anilines is 1. The third-order valence-electron chi connectivity index (χ3n) is 2.21. The molecule has 0 aliphatic rings. The predicted molar refractivity (Wildman–Crippen MR) is 62.9 cm³/mol. The van der Waals surface area contributed by atoms with Crippen LogP contribution >= 0.6 is 0 Å². The summed E-state index contributed by atoms with van der Waals surface area (Å²) in [7, 11) is 0. The molecule has 0 fully saturated rings. The number of hydrogen-bond acceptors (Lipinski definition) is 4. The van der Waals surface area contributed by atoms with Gasteiger partial charge in [0.2, 0.25) is 0 Å². The summed E-state index contributed by atoms with van der Waals surface area (Å²) >= 11 is 0. The smallest absolute Gasteiger partial charge is 0.132 e. The molecule has 0 atom stereocenters. The Balaban J connectivity index is 2.69. The van der Waals surface area contributed by atoms with E-state index in [0.717, 1.165) is 44.1 Å². The first-order valence-corrected chi connectivity index (χ1v) is 5.52. The topological polar surface area (TPSA) is 55.0 Å². The van der Waals surface area contributed by atoms with Gasteiger partial charge in [-0.15, -0.1) is 0 Å². The van der Waals surface area contributed by atoms with Crippen LogP contribution < -0.4 is 10.6 Å². The minimum Gasteiger partial charge on any atom is -0.356 e. The van der Waals surface area contributed by atoms with Crippen LogP contribution in [0.25, 0.3) is 0 Å². The summed E-state index contributed by atoms with van der Waals surface area (Å²) in [5.74, 6) is 1.83. The largest absolute Gasteiger partial charge is 0.356 e. The lowest BCUT2D eigenvalue weighted by Crippen LogP contribution is -2.27. The van der Waals surface area contributed by atoms with E-state index in [4.69, 9.17) is 5.73 Å². The molecule has 0 saturated heterocycles. The van der Waals surface area contributed by atoms with Crippen LogP contribution in [0.1, 0.15) is 25.6 Å². The number of aromatic nitrogens is 2. The van der Waals surface area contributed by atoms with E-state index in [1.165, 1.54) is 0 Å². The van der Waals surface area contributed by atoms with Gasteiger partial charge in [-0.25, -0.2) is 9.97 Å². The van der Waals surface area contributed by atoms with Crippen LogP contribution in [0, 0.1) is 6.92 Å². The molecule has 0 aromatic carbocycles. The zero-order valence-corrected chi connectivity index (χ0v) is 9.61. The van der Waals surface area contributed by atoms with Gasteiger partial charge in [0.15, 0.2) is 0 Å². The van der Waals surface area contributed by atoms with Gasteiger partial charge < -0.3 is 10.6 Å². The molecule has 0 aliphatic carbocycles. The second-order valence-electron chi connectivity index (χ2n) is 3.59. The highest BCUT2D eigenvalue weighted by molar-refractivity contribution is 5.37. The Morgan fingerprint density at radius 2 is 2.20 bits per heavy atom. The van der Waals surface area contributed by atoms with Crippen molar-refractivity contribution >= 4 is 5.82 Å². The molecule has 2 N–H and O–H groups in total. The normalized spacial score (nSPS) is 10.3.